The molecule has 27 heavy (non-hydrogen) atoms. The lowest BCUT2D eigenvalue weighted by Gasteiger charge is -2.31. The molecule has 1 aliphatic rings. The number of hydrogen-bond donors (Lipinski definition) is 0. The number of thiophene rings is 1. The quantitative estimate of drug-likeness (QED) is 0.485. The summed E-state index contributed by atoms with van der Waals surface area (Å²) in [6.07, 6.45) is 3.42. The normalized spacial score (nSPS) is 15.6. The Bertz CT molecular complexity index is 1130. The number of piperidine rings is 1. The molecular formula is C20H17N3O2S2. The number of rotatable bonds is 3. The van der Waals surface area contributed by atoms with E-state index in [0.717, 1.165) is 38.6 Å². The van der Waals surface area contributed by atoms with Crippen molar-refractivity contribution in [1.29, 1.82) is 0 Å². The van der Waals surface area contributed by atoms with Gasteiger partial charge in [-0.1, -0.05) is 30.3 Å². The largest absolute Gasteiger partial charge is 0.338 e. The average molecular weight is 396 g/mol. The molecule has 1 aliphatic heterocycles. The predicted octanol–water partition coefficient (Wildman–Crippen LogP) is 4.35. The fraction of sp³-hybridized carbons (Fsp3) is 0.250. The molecule has 4 aromatic rings. The first-order chi connectivity index (χ1) is 13.2. The Morgan fingerprint density at radius 2 is 1.89 bits per heavy atom. The van der Waals surface area contributed by atoms with Gasteiger partial charge < -0.3 is 4.90 Å². The van der Waals surface area contributed by atoms with Gasteiger partial charge in [-0.3, -0.25) is 14.0 Å². The molecule has 5 rings (SSSR count). The number of hydrogen-bond acceptors (Lipinski definition) is 5. The highest BCUT2D eigenvalue weighted by Gasteiger charge is 2.29. The Morgan fingerprint density at radius 1 is 1.11 bits per heavy atom. The van der Waals surface area contributed by atoms with Crippen LogP contribution in [-0.2, 0) is 0 Å². The lowest BCUT2D eigenvalue weighted by Crippen LogP contribution is -2.40. The number of ketones is 1. The van der Waals surface area contributed by atoms with Gasteiger partial charge in [-0.25, -0.2) is 4.98 Å². The number of imidazole rings is 1. The van der Waals surface area contributed by atoms with Gasteiger partial charge in [0.2, 0.25) is 0 Å². The van der Waals surface area contributed by atoms with E-state index in [4.69, 9.17) is 0 Å². The van der Waals surface area contributed by atoms with Gasteiger partial charge in [0.1, 0.15) is 4.83 Å². The van der Waals surface area contributed by atoms with Gasteiger partial charge >= 0.3 is 0 Å². The molecule has 0 aliphatic carbocycles. The van der Waals surface area contributed by atoms with E-state index in [1.165, 1.54) is 11.3 Å². The monoisotopic (exact) mass is 395 g/mol. The fourth-order valence-electron chi connectivity index (χ4n) is 3.69. The molecule has 0 saturated carbocycles. The minimum Gasteiger partial charge on any atom is -0.338 e. The van der Waals surface area contributed by atoms with Gasteiger partial charge in [0, 0.05) is 36.1 Å². The van der Waals surface area contributed by atoms with E-state index in [2.05, 4.69) is 4.98 Å². The van der Waals surface area contributed by atoms with Gasteiger partial charge in [-0.2, -0.15) is 0 Å². The molecule has 1 saturated heterocycles. The minimum atomic E-state index is 0.00344. The van der Waals surface area contributed by atoms with Gasteiger partial charge in [0.05, 0.1) is 10.4 Å². The summed E-state index contributed by atoms with van der Waals surface area (Å²) in [4.78, 5) is 34.5. The zero-order chi connectivity index (χ0) is 18.4. The third-order valence-electron chi connectivity index (χ3n) is 5.16. The first kappa shape index (κ1) is 16.6. The highest BCUT2D eigenvalue weighted by molar-refractivity contribution is 7.21. The molecule has 5 nitrogen and oxygen atoms in total. The zero-order valence-corrected chi connectivity index (χ0v) is 16.1. The summed E-state index contributed by atoms with van der Waals surface area (Å²) >= 11 is 3.04. The summed E-state index contributed by atoms with van der Waals surface area (Å²) < 4.78 is 2.03. The van der Waals surface area contributed by atoms with Gasteiger partial charge in [-0.15, -0.1) is 22.7 Å². The summed E-state index contributed by atoms with van der Waals surface area (Å²) in [6, 6.07) is 11.4. The second kappa shape index (κ2) is 6.58. The summed E-state index contributed by atoms with van der Waals surface area (Å²) in [5.74, 6) is 0.245. The maximum atomic E-state index is 12.9. The SMILES string of the molecule is O=C(c1ccccc1)C1CCN(C(=O)c2cc3c(nc4sccn43)s2)CC1. The summed E-state index contributed by atoms with van der Waals surface area (Å²) in [6.45, 7) is 1.25. The maximum Gasteiger partial charge on any atom is 0.264 e. The van der Waals surface area contributed by atoms with Crippen molar-refractivity contribution in [2.45, 2.75) is 12.8 Å². The van der Waals surface area contributed by atoms with E-state index >= 15 is 0 Å². The minimum absolute atomic E-state index is 0.00344. The summed E-state index contributed by atoms with van der Waals surface area (Å²) in [5, 5.41) is 2.00. The molecular weight excluding hydrogens is 378 g/mol. The van der Waals surface area contributed by atoms with Crippen LogP contribution in [0.3, 0.4) is 0 Å². The highest BCUT2D eigenvalue weighted by Crippen LogP contribution is 2.30. The molecule has 4 heterocycles. The second-order valence-corrected chi connectivity index (χ2v) is 8.67. The molecule has 3 aromatic heterocycles. The lowest BCUT2D eigenvalue weighted by atomic mass is 9.89. The highest BCUT2D eigenvalue weighted by atomic mass is 32.1. The van der Waals surface area contributed by atoms with Crippen LogP contribution in [0.4, 0.5) is 0 Å². The van der Waals surface area contributed by atoms with Crippen LogP contribution in [0.2, 0.25) is 0 Å². The number of nitrogens with zero attached hydrogens (tertiary/aromatic N) is 3. The molecule has 0 bridgehead atoms. The lowest BCUT2D eigenvalue weighted by molar-refractivity contribution is 0.0654. The number of carbonyl (C=O) groups is 2. The van der Waals surface area contributed by atoms with Gasteiger partial charge in [0.15, 0.2) is 10.7 Å². The van der Waals surface area contributed by atoms with E-state index in [9.17, 15) is 9.59 Å². The number of thiazole rings is 1. The topological polar surface area (TPSA) is 54.7 Å². The van der Waals surface area contributed by atoms with Crippen LogP contribution in [0, 0.1) is 5.92 Å². The Balaban J connectivity index is 1.29. The molecule has 0 spiro atoms. The molecule has 1 aromatic carbocycles. The van der Waals surface area contributed by atoms with E-state index < -0.39 is 0 Å². The first-order valence-electron chi connectivity index (χ1n) is 8.94. The molecule has 0 atom stereocenters. The van der Waals surface area contributed by atoms with Crippen molar-refractivity contribution in [3.05, 3.63) is 58.4 Å². The van der Waals surface area contributed by atoms with Gasteiger partial charge in [-0.05, 0) is 18.9 Å². The number of amides is 1. The first-order valence-corrected chi connectivity index (χ1v) is 10.6. The van der Waals surface area contributed by atoms with Crippen molar-refractivity contribution in [2.75, 3.05) is 13.1 Å². The molecule has 0 N–H and O–H groups in total. The molecule has 7 heteroatoms. The van der Waals surface area contributed by atoms with Crippen LogP contribution >= 0.6 is 22.7 Å². The van der Waals surface area contributed by atoms with E-state index in [0.29, 0.717) is 13.1 Å². The third kappa shape index (κ3) is 2.87. The average Bonchev–Trinajstić information content (AvgIpc) is 3.40. The van der Waals surface area contributed by atoms with Crippen LogP contribution in [0.25, 0.3) is 15.3 Å². The van der Waals surface area contributed by atoms with Crippen LogP contribution in [-0.4, -0.2) is 39.1 Å². The Kier molecular flexibility index (Phi) is 4.06. The smallest absolute Gasteiger partial charge is 0.264 e. The Morgan fingerprint density at radius 3 is 2.67 bits per heavy atom. The predicted molar refractivity (Wildman–Crippen MR) is 108 cm³/mol. The van der Waals surface area contributed by atoms with Crippen LogP contribution in [0.1, 0.15) is 32.9 Å². The Hall–Kier alpha value is -2.51. The van der Waals surface area contributed by atoms with Crippen molar-refractivity contribution < 1.29 is 9.59 Å². The van der Waals surface area contributed by atoms with Crippen molar-refractivity contribution in [2.24, 2.45) is 5.92 Å². The zero-order valence-electron chi connectivity index (χ0n) is 14.5. The summed E-state index contributed by atoms with van der Waals surface area (Å²) in [7, 11) is 0. The van der Waals surface area contributed by atoms with Crippen LogP contribution in [0.15, 0.2) is 48.0 Å². The molecule has 0 unspecified atom stereocenters. The number of fused-ring (bicyclic) bond motifs is 3. The molecule has 136 valence electrons. The van der Waals surface area contributed by atoms with E-state index in [1.54, 1.807) is 11.3 Å². The third-order valence-corrected chi connectivity index (χ3v) is 6.92. The maximum absolute atomic E-state index is 12.9. The summed E-state index contributed by atoms with van der Waals surface area (Å²) in [5.41, 5.74) is 1.76. The van der Waals surface area contributed by atoms with Crippen molar-refractivity contribution in [3.63, 3.8) is 0 Å². The standard InChI is InChI=1S/C20H17N3O2S2/c24-17(13-4-2-1-3-5-13)14-6-8-22(9-7-14)19(25)16-12-15-18(27-16)21-20-23(15)10-11-26-20/h1-5,10-12,14H,6-9H2. The molecule has 0 radical (unpaired) electrons. The second-order valence-electron chi connectivity index (χ2n) is 6.77. The van der Waals surface area contributed by atoms with Crippen LogP contribution < -0.4 is 0 Å². The molecule has 1 amide bonds. The van der Waals surface area contributed by atoms with E-state index in [-0.39, 0.29) is 17.6 Å². The van der Waals surface area contributed by atoms with Crippen molar-refractivity contribution in [1.82, 2.24) is 14.3 Å². The Labute approximate surface area is 163 Å². The number of Topliss-reactive ketones (excluding diaryl/α,β-unsaturated/α-hetero) is 1. The van der Waals surface area contributed by atoms with Crippen LogP contribution in [0.5, 0.6) is 0 Å². The molecule has 1 fully saturated rings. The fourth-order valence-corrected chi connectivity index (χ4v) is 5.46. The van der Waals surface area contributed by atoms with Crippen molar-refractivity contribution in [3.8, 4) is 0 Å². The van der Waals surface area contributed by atoms with Gasteiger partial charge in [0.25, 0.3) is 5.91 Å². The number of carbonyl (C=O) groups excluding carboxylic acids is 2. The number of benzene rings is 1. The van der Waals surface area contributed by atoms with E-state index in [1.807, 2.05) is 57.3 Å². The van der Waals surface area contributed by atoms with Crippen molar-refractivity contribution >= 4 is 49.7 Å². The number of aromatic nitrogens is 2. The number of likely N-dealkylation sites (tertiary alicyclic amines) is 1.